The highest BCUT2D eigenvalue weighted by atomic mass is 19.1. The van der Waals surface area contributed by atoms with Crippen molar-refractivity contribution in [2.45, 2.75) is 18.9 Å². The number of para-hydroxylation sites is 1. The van der Waals surface area contributed by atoms with Crippen LogP contribution in [0, 0.1) is 5.82 Å². The van der Waals surface area contributed by atoms with E-state index in [0.717, 1.165) is 0 Å². The van der Waals surface area contributed by atoms with Gasteiger partial charge in [0.1, 0.15) is 5.82 Å². The van der Waals surface area contributed by atoms with Gasteiger partial charge < -0.3 is 10.2 Å². The van der Waals surface area contributed by atoms with Crippen molar-refractivity contribution in [2.75, 3.05) is 32.1 Å². The van der Waals surface area contributed by atoms with E-state index < -0.39 is 23.8 Å². The van der Waals surface area contributed by atoms with Crippen LogP contribution < -0.4 is 15.5 Å². The van der Waals surface area contributed by atoms with Gasteiger partial charge in [0.05, 0.1) is 11.7 Å². The fourth-order valence-corrected chi connectivity index (χ4v) is 2.67. The van der Waals surface area contributed by atoms with Crippen molar-refractivity contribution in [2.24, 2.45) is 0 Å². The van der Waals surface area contributed by atoms with Crippen LogP contribution in [0.3, 0.4) is 0 Å². The largest absolute Gasteiger partial charge is 0.341 e. The Balaban J connectivity index is 1.91. The maximum atomic E-state index is 13.9. The number of carbonyl (C=O) groups excluding carboxylic acids is 3. The lowest BCUT2D eigenvalue weighted by atomic mass is 10.2. The van der Waals surface area contributed by atoms with E-state index in [1.165, 1.54) is 18.0 Å². The lowest BCUT2D eigenvalue weighted by Crippen LogP contribution is -2.43. The Morgan fingerprint density at radius 2 is 2.08 bits per heavy atom. The van der Waals surface area contributed by atoms with Crippen LogP contribution >= 0.6 is 0 Å². The first-order chi connectivity index (χ1) is 11.4. The minimum absolute atomic E-state index is 0.0907. The highest BCUT2D eigenvalue weighted by molar-refractivity contribution is 5.99. The summed E-state index contributed by atoms with van der Waals surface area (Å²) in [6, 6.07) is 5.19. The monoisotopic (exact) mass is 336 g/mol. The van der Waals surface area contributed by atoms with Gasteiger partial charge in [-0.15, -0.1) is 0 Å². The second kappa shape index (κ2) is 7.87. The van der Waals surface area contributed by atoms with Gasteiger partial charge in [-0.25, -0.2) is 9.18 Å². The van der Waals surface area contributed by atoms with Gasteiger partial charge in [-0.1, -0.05) is 12.1 Å². The Morgan fingerprint density at radius 3 is 2.75 bits per heavy atom. The molecule has 7 nitrogen and oxygen atoms in total. The Morgan fingerprint density at radius 1 is 1.38 bits per heavy atom. The lowest BCUT2D eigenvalue weighted by Gasteiger charge is -2.23. The number of carbonyl (C=O) groups is 3. The molecule has 1 aliphatic rings. The van der Waals surface area contributed by atoms with Gasteiger partial charge in [0.15, 0.2) is 0 Å². The van der Waals surface area contributed by atoms with E-state index in [-0.39, 0.29) is 18.0 Å². The smallest absolute Gasteiger partial charge is 0.321 e. The zero-order chi connectivity index (χ0) is 17.7. The summed E-state index contributed by atoms with van der Waals surface area (Å²) < 4.78 is 13.9. The molecule has 1 atom stereocenters. The fourth-order valence-electron chi connectivity index (χ4n) is 2.67. The number of urea groups is 1. The number of nitrogens with zero attached hydrogens (tertiary/aromatic N) is 2. The zero-order valence-electron chi connectivity index (χ0n) is 13.7. The lowest BCUT2D eigenvalue weighted by molar-refractivity contribution is -0.123. The van der Waals surface area contributed by atoms with Gasteiger partial charge in [-0.3, -0.25) is 19.8 Å². The Bertz CT molecular complexity index is 638. The van der Waals surface area contributed by atoms with E-state index in [0.29, 0.717) is 19.5 Å². The summed E-state index contributed by atoms with van der Waals surface area (Å²) in [5.41, 5.74) is 0.274. The molecule has 4 amide bonds. The molecule has 130 valence electrons. The van der Waals surface area contributed by atoms with Gasteiger partial charge in [0.2, 0.25) is 11.8 Å². The van der Waals surface area contributed by atoms with Crippen LogP contribution in [-0.2, 0) is 9.59 Å². The molecule has 1 aromatic carbocycles. The van der Waals surface area contributed by atoms with Crippen LogP contribution in [-0.4, -0.2) is 56.0 Å². The molecule has 2 N–H and O–H groups in total. The van der Waals surface area contributed by atoms with Crippen LogP contribution in [0.25, 0.3) is 0 Å². The summed E-state index contributed by atoms with van der Waals surface area (Å²) in [6.07, 6.45) is 0.647. The average molecular weight is 336 g/mol. The number of hydrogen-bond acceptors (Lipinski definition) is 4. The van der Waals surface area contributed by atoms with E-state index in [9.17, 15) is 18.8 Å². The predicted octanol–water partition coefficient (Wildman–Crippen LogP) is 0.709. The maximum absolute atomic E-state index is 13.9. The standard InChI is InChI=1S/C16H21FN4O3/c1-18-16(24)19-14(22)8-9-20(2)13-7-10-21(15(13)23)12-6-4-3-5-11(12)17/h3-6,13H,7-10H2,1-2H3,(H2,18,19,22,24). The van der Waals surface area contributed by atoms with Crippen molar-refractivity contribution in [3.05, 3.63) is 30.1 Å². The van der Waals surface area contributed by atoms with Gasteiger partial charge in [0, 0.05) is 26.6 Å². The number of nitrogens with one attached hydrogen (secondary N) is 2. The van der Waals surface area contributed by atoms with E-state index in [4.69, 9.17) is 0 Å². The van der Waals surface area contributed by atoms with Crippen molar-refractivity contribution in [1.82, 2.24) is 15.5 Å². The van der Waals surface area contributed by atoms with Gasteiger partial charge in [-0.05, 0) is 25.6 Å². The van der Waals surface area contributed by atoms with Crippen molar-refractivity contribution in [1.29, 1.82) is 0 Å². The second-order valence-corrected chi connectivity index (χ2v) is 5.60. The SMILES string of the molecule is CNC(=O)NC(=O)CCN(C)C1CCN(c2ccccc2F)C1=O. The fraction of sp³-hybridized carbons (Fsp3) is 0.438. The van der Waals surface area contributed by atoms with Crippen molar-refractivity contribution < 1.29 is 18.8 Å². The van der Waals surface area contributed by atoms with Crippen molar-refractivity contribution in [3.63, 3.8) is 0 Å². The summed E-state index contributed by atoms with van der Waals surface area (Å²) in [4.78, 5) is 38.4. The van der Waals surface area contributed by atoms with Crippen molar-refractivity contribution in [3.8, 4) is 0 Å². The molecule has 0 aromatic heterocycles. The molecule has 0 saturated carbocycles. The highest BCUT2D eigenvalue weighted by Crippen LogP contribution is 2.26. The Kier molecular flexibility index (Phi) is 5.86. The second-order valence-electron chi connectivity index (χ2n) is 5.60. The van der Waals surface area contributed by atoms with Crippen LogP contribution in [0.4, 0.5) is 14.9 Å². The topological polar surface area (TPSA) is 81.8 Å². The molecule has 1 saturated heterocycles. The molecule has 1 unspecified atom stereocenters. The first-order valence-electron chi connectivity index (χ1n) is 7.71. The molecule has 1 heterocycles. The van der Waals surface area contributed by atoms with Gasteiger partial charge in [0.25, 0.3) is 0 Å². The molecule has 0 spiro atoms. The summed E-state index contributed by atoms with van der Waals surface area (Å²) in [6.45, 7) is 0.754. The average Bonchev–Trinajstić information content (AvgIpc) is 2.94. The number of imide groups is 1. The van der Waals surface area contributed by atoms with Crippen LogP contribution in [0.15, 0.2) is 24.3 Å². The third kappa shape index (κ3) is 4.08. The molecular formula is C16H21FN4O3. The number of benzene rings is 1. The van der Waals surface area contributed by atoms with Crippen LogP contribution in [0.5, 0.6) is 0 Å². The number of rotatable bonds is 5. The summed E-state index contributed by atoms with van der Waals surface area (Å²) in [5.74, 6) is -1.04. The van der Waals surface area contributed by atoms with Crippen LogP contribution in [0.1, 0.15) is 12.8 Å². The number of likely N-dealkylation sites (N-methyl/N-ethyl adjacent to an activating group) is 1. The van der Waals surface area contributed by atoms with E-state index >= 15 is 0 Å². The number of halogens is 1. The molecule has 24 heavy (non-hydrogen) atoms. The molecule has 0 radical (unpaired) electrons. The number of anilines is 1. The van der Waals surface area contributed by atoms with E-state index in [1.54, 1.807) is 30.1 Å². The molecule has 1 aromatic rings. The summed E-state index contributed by atoms with van der Waals surface area (Å²) in [7, 11) is 3.16. The minimum atomic E-state index is -0.565. The first-order valence-corrected chi connectivity index (χ1v) is 7.71. The van der Waals surface area contributed by atoms with Gasteiger partial charge >= 0.3 is 6.03 Å². The third-order valence-electron chi connectivity index (χ3n) is 4.02. The van der Waals surface area contributed by atoms with Crippen LogP contribution in [0.2, 0.25) is 0 Å². The Hall–Kier alpha value is -2.48. The number of hydrogen-bond donors (Lipinski definition) is 2. The first kappa shape index (κ1) is 17.9. The molecular weight excluding hydrogens is 315 g/mol. The van der Waals surface area contributed by atoms with E-state index in [1.807, 2.05) is 0 Å². The molecule has 1 fully saturated rings. The van der Waals surface area contributed by atoms with Crippen molar-refractivity contribution >= 4 is 23.5 Å². The quantitative estimate of drug-likeness (QED) is 0.830. The third-order valence-corrected chi connectivity index (χ3v) is 4.02. The number of amides is 4. The normalized spacial score (nSPS) is 17.2. The van der Waals surface area contributed by atoms with Gasteiger partial charge in [-0.2, -0.15) is 0 Å². The predicted molar refractivity (Wildman–Crippen MR) is 87.0 cm³/mol. The van der Waals surface area contributed by atoms with E-state index in [2.05, 4.69) is 10.6 Å². The molecule has 8 heteroatoms. The minimum Gasteiger partial charge on any atom is -0.341 e. The summed E-state index contributed by atoms with van der Waals surface area (Å²) in [5, 5.41) is 4.46. The zero-order valence-corrected chi connectivity index (χ0v) is 13.7. The molecule has 1 aliphatic heterocycles. The highest BCUT2D eigenvalue weighted by Gasteiger charge is 2.36. The molecule has 2 rings (SSSR count). The maximum Gasteiger partial charge on any atom is 0.321 e. The summed E-state index contributed by atoms with van der Waals surface area (Å²) >= 11 is 0. The Labute approximate surface area is 139 Å². The molecule has 0 bridgehead atoms. The molecule has 0 aliphatic carbocycles.